The molecular formula is C31H41N. The van der Waals surface area contributed by atoms with Crippen molar-refractivity contribution in [2.75, 3.05) is 0 Å². The minimum Gasteiger partial charge on any atom is -0.192 e. The van der Waals surface area contributed by atoms with E-state index in [1.165, 1.54) is 81.8 Å². The molecule has 0 spiro atoms. The van der Waals surface area contributed by atoms with Crippen LogP contribution < -0.4 is 0 Å². The van der Waals surface area contributed by atoms with Crippen LogP contribution in [0.2, 0.25) is 0 Å². The summed E-state index contributed by atoms with van der Waals surface area (Å²) in [6, 6.07) is 20.2. The van der Waals surface area contributed by atoms with Gasteiger partial charge >= 0.3 is 0 Å². The molecule has 2 atom stereocenters. The highest BCUT2D eigenvalue weighted by Crippen LogP contribution is 2.40. The molecule has 2 fully saturated rings. The van der Waals surface area contributed by atoms with Crippen LogP contribution in [-0.4, -0.2) is 0 Å². The largest absolute Gasteiger partial charge is 0.192 e. The molecule has 1 heteroatoms. The first-order chi connectivity index (χ1) is 15.6. The Morgan fingerprint density at radius 2 is 1.28 bits per heavy atom. The highest BCUT2D eigenvalue weighted by Gasteiger charge is 2.26. The molecule has 0 heterocycles. The molecule has 2 aliphatic rings. The van der Waals surface area contributed by atoms with Crippen LogP contribution in [0.25, 0.3) is 0 Å². The van der Waals surface area contributed by atoms with E-state index in [1.54, 1.807) is 5.56 Å². The normalized spacial score (nSPS) is 23.9. The first kappa shape index (κ1) is 23.1. The summed E-state index contributed by atoms with van der Waals surface area (Å²) in [7, 11) is 0. The third-order valence-electron chi connectivity index (χ3n) is 8.72. The molecule has 2 saturated carbocycles. The Morgan fingerprint density at radius 3 is 1.88 bits per heavy atom. The van der Waals surface area contributed by atoms with Crippen LogP contribution in [0.5, 0.6) is 0 Å². The van der Waals surface area contributed by atoms with Gasteiger partial charge in [0.15, 0.2) is 0 Å². The number of rotatable bonds is 7. The Hall–Kier alpha value is -2.07. The molecule has 0 bridgehead atoms. The smallest absolute Gasteiger partial charge is 0.0991 e. The Bertz CT molecular complexity index is 858. The van der Waals surface area contributed by atoms with Gasteiger partial charge in [-0.3, -0.25) is 0 Å². The van der Waals surface area contributed by atoms with Crippen molar-refractivity contribution in [2.45, 2.75) is 102 Å². The van der Waals surface area contributed by atoms with E-state index in [2.05, 4.69) is 56.3 Å². The van der Waals surface area contributed by atoms with Gasteiger partial charge in [-0.25, -0.2) is 0 Å². The van der Waals surface area contributed by atoms with Gasteiger partial charge in [0, 0.05) is 0 Å². The SMILES string of the molecule is CC(CCC(C)C1CCC(c2ccc(C#N)cc2)CC1)c1ccc(C2CCCCC2)cc1. The molecule has 2 aromatic rings. The highest BCUT2D eigenvalue weighted by atomic mass is 14.3. The van der Waals surface area contributed by atoms with Crippen LogP contribution in [0.3, 0.4) is 0 Å². The van der Waals surface area contributed by atoms with E-state index < -0.39 is 0 Å². The Kier molecular flexibility index (Phi) is 8.07. The van der Waals surface area contributed by atoms with E-state index >= 15 is 0 Å². The maximum Gasteiger partial charge on any atom is 0.0991 e. The minimum atomic E-state index is 0.660. The maximum absolute atomic E-state index is 9.01. The Labute approximate surface area is 196 Å². The van der Waals surface area contributed by atoms with Crippen LogP contribution in [0, 0.1) is 23.2 Å². The summed E-state index contributed by atoms with van der Waals surface area (Å²) in [6.07, 6.45) is 15.0. The molecule has 0 aliphatic heterocycles. The van der Waals surface area contributed by atoms with Crippen molar-refractivity contribution in [3.63, 3.8) is 0 Å². The summed E-state index contributed by atoms with van der Waals surface area (Å²) in [5.74, 6) is 3.86. The number of benzene rings is 2. The molecule has 2 aliphatic carbocycles. The molecule has 0 aromatic heterocycles. The first-order valence-electron chi connectivity index (χ1n) is 13.2. The fraction of sp³-hybridized carbons (Fsp3) is 0.581. The van der Waals surface area contributed by atoms with Crippen molar-refractivity contribution in [2.24, 2.45) is 11.8 Å². The second kappa shape index (κ2) is 11.2. The van der Waals surface area contributed by atoms with Gasteiger partial charge in [0.05, 0.1) is 11.6 Å². The van der Waals surface area contributed by atoms with E-state index in [9.17, 15) is 0 Å². The molecule has 1 nitrogen and oxygen atoms in total. The van der Waals surface area contributed by atoms with Crippen LogP contribution in [0.1, 0.15) is 124 Å². The van der Waals surface area contributed by atoms with Gasteiger partial charge in [-0.1, -0.05) is 69.5 Å². The standard InChI is InChI=1S/C31H41N/c1-23(26-14-18-30(19-15-26)28-6-4-3-5-7-28)8-9-24(2)27-16-20-31(21-17-27)29-12-10-25(22-32)11-13-29/h10-15,18-19,23-24,27-28,31H,3-9,16-17,20-21H2,1-2H3. The van der Waals surface area contributed by atoms with Gasteiger partial charge in [0.25, 0.3) is 0 Å². The number of hydrogen-bond donors (Lipinski definition) is 0. The van der Waals surface area contributed by atoms with Crippen molar-refractivity contribution < 1.29 is 0 Å². The second-order valence-corrected chi connectivity index (χ2v) is 10.8. The van der Waals surface area contributed by atoms with E-state index in [4.69, 9.17) is 5.26 Å². The molecule has 4 rings (SSSR count). The quantitative estimate of drug-likeness (QED) is 0.432. The Balaban J connectivity index is 1.22. The monoisotopic (exact) mass is 427 g/mol. The van der Waals surface area contributed by atoms with Crippen molar-refractivity contribution >= 4 is 0 Å². The summed E-state index contributed by atoms with van der Waals surface area (Å²) < 4.78 is 0. The molecule has 32 heavy (non-hydrogen) atoms. The Morgan fingerprint density at radius 1 is 0.719 bits per heavy atom. The molecule has 0 saturated heterocycles. The van der Waals surface area contributed by atoms with Crippen LogP contribution >= 0.6 is 0 Å². The fourth-order valence-electron chi connectivity index (χ4n) is 6.30. The number of nitrogens with zero attached hydrogens (tertiary/aromatic N) is 1. The minimum absolute atomic E-state index is 0.660. The van der Waals surface area contributed by atoms with Crippen molar-refractivity contribution in [1.29, 1.82) is 5.26 Å². The summed E-state index contributed by atoms with van der Waals surface area (Å²) in [5.41, 5.74) is 5.31. The van der Waals surface area contributed by atoms with E-state index in [0.717, 1.165) is 23.3 Å². The maximum atomic E-state index is 9.01. The van der Waals surface area contributed by atoms with E-state index in [-0.39, 0.29) is 0 Å². The second-order valence-electron chi connectivity index (χ2n) is 10.8. The lowest BCUT2D eigenvalue weighted by Crippen LogP contribution is -2.19. The number of hydrogen-bond acceptors (Lipinski definition) is 1. The summed E-state index contributed by atoms with van der Waals surface area (Å²) >= 11 is 0. The molecule has 0 N–H and O–H groups in total. The lowest BCUT2D eigenvalue weighted by atomic mass is 9.72. The van der Waals surface area contributed by atoms with E-state index in [1.807, 2.05) is 12.1 Å². The molecule has 170 valence electrons. The van der Waals surface area contributed by atoms with Crippen LogP contribution in [-0.2, 0) is 0 Å². The van der Waals surface area contributed by atoms with Gasteiger partial charge in [-0.2, -0.15) is 5.26 Å². The average molecular weight is 428 g/mol. The zero-order valence-electron chi connectivity index (χ0n) is 20.2. The predicted molar refractivity (Wildman–Crippen MR) is 135 cm³/mol. The zero-order chi connectivity index (χ0) is 22.3. The van der Waals surface area contributed by atoms with Gasteiger partial charge in [0.1, 0.15) is 0 Å². The average Bonchev–Trinajstić information content (AvgIpc) is 2.88. The van der Waals surface area contributed by atoms with Crippen molar-refractivity contribution in [3.8, 4) is 6.07 Å². The molecular weight excluding hydrogens is 386 g/mol. The van der Waals surface area contributed by atoms with Gasteiger partial charge in [0.2, 0.25) is 0 Å². The lowest BCUT2D eigenvalue weighted by molar-refractivity contribution is 0.230. The van der Waals surface area contributed by atoms with Gasteiger partial charge < -0.3 is 0 Å². The summed E-state index contributed by atoms with van der Waals surface area (Å²) in [6.45, 7) is 4.91. The first-order valence-corrected chi connectivity index (χ1v) is 13.2. The molecule has 2 aromatic carbocycles. The van der Waals surface area contributed by atoms with Crippen LogP contribution in [0.15, 0.2) is 48.5 Å². The highest BCUT2D eigenvalue weighted by molar-refractivity contribution is 5.33. The fourth-order valence-corrected chi connectivity index (χ4v) is 6.30. The summed E-state index contributed by atoms with van der Waals surface area (Å²) in [5, 5.41) is 9.01. The van der Waals surface area contributed by atoms with Crippen molar-refractivity contribution in [1.82, 2.24) is 0 Å². The van der Waals surface area contributed by atoms with E-state index in [0.29, 0.717) is 11.8 Å². The summed E-state index contributed by atoms with van der Waals surface area (Å²) in [4.78, 5) is 0. The van der Waals surface area contributed by atoms with Gasteiger partial charge in [-0.15, -0.1) is 0 Å². The third-order valence-corrected chi connectivity index (χ3v) is 8.72. The molecule has 0 radical (unpaired) electrons. The topological polar surface area (TPSA) is 23.8 Å². The van der Waals surface area contributed by atoms with Crippen molar-refractivity contribution in [3.05, 3.63) is 70.8 Å². The zero-order valence-corrected chi connectivity index (χ0v) is 20.2. The number of nitriles is 1. The predicted octanol–water partition coefficient (Wildman–Crippen LogP) is 9.10. The molecule has 2 unspecified atom stereocenters. The third kappa shape index (κ3) is 5.83. The van der Waals surface area contributed by atoms with Gasteiger partial charge in [-0.05, 0) is 110 Å². The molecule has 0 amide bonds. The van der Waals surface area contributed by atoms with Crippen LogP contribution in [0.4, 0.5) is 0 Å². The lowest BCUT2D eigenvalue weighted by Gasteiger charge is -2.33.